The number of carbonyl (C=O) groups is 2. The van der Waals surface area contributed by atoms with Crippen LogP contribution in [0.4, 0.5) is 0 Å². The first kappa shape index (κ1) is 12.9. The van der Waals surface area contributed by atoms with Crippen molar-refractivity contribution in [2.75, 3.05) is 19.4 Å². The van der Waals surface area contributed by atoms with Crippen molar-refractivity contribution in [1.82, 2.24) is 5.32 Å². The summed E-state index contributed by atoms with van der Waals surface area (Å²) in [6.45, 7) is 0.162. The van der Waals surface area contributed by atoms with Crippen LogP contribution >= 0.6 is 11.8 Å². The van der Waals surface area contributed by atoms with Crippen LogP contribution in [0.1, 0.15) is 20.7 Å². The Labute approximate surface area is 109 Å². The van der Waals surface area contributed by atoms with Gasteiger partial charge in [0.15, 0.2) is 0 Å². The lowest BCUT2D eigenvalue weighted by molar-refractivity contribution is 0.0974. The van der Waals surface area contributed by atoms with Crippen LogP contribution in [0.5, 0.6) is 0 Å². The van der Waals surface area contributed by atoms with Gasteiger partial charge in [0, 0.05) is 17.7 Å². The number of carbonyl (C=O) groups excluding carboxylic acids is 2. The van der Waals surface area contributed by atoms with Gasteiger partial charge < -0.3 is 10.4 Å². The fourth-order valence-electron chi connectivity index (χ4n) is 1.89. The molecule has 0 aliphatic heterocycles. The summed E-state index contributed by atoms with van der Waals surface area (Å²) in [7, 11) is 0. The van der Waals surface area contributed by atoms with Gasteiger partial charge >= 0.3 is 0 Å². The minimum atomic E-state index is -0.192. The molecule has 1 aromatic rings. The van der Waals surface area contributed by atoms with Crippen LogP contribution in [0, 0.1) is 0 Å². The second-order valence-electron chi connectivity index (χ2n) is 3.76. The van der Waals surface area contributed by atoms with Crippen molar-refractivity contribution in [3.8, 4) is 0 Å². The molecule has 2 N–H and O–H groups in total. The van der Waals surface area contributed by atoms with Crippen LogP contribution in [-0.4, -0.2) is 36.1 Å². The van der Waals surface area contributed by atoms with Crippen LogP contribution in [-0.2, 0) is 0 Å². The van der Waals surface area contributed by atoms with Gasteiger partial charge in [-0.2, -0.15) is 0 Å². The van der Waals surface area contributed by atoms with E-state index in [9.17, 15) is 9.59 Å². The highest BCUT2D eigenvalue weighted by molar-refractivity contribution is 8.03. The smallest absolute Gasteiger partial charge is 0.210 e. The van der Waals surface area contributed by atoms with Gasteiger partial charge in [0.05, 0.1) is 11.5 Å². The second-order valence-corrected chi connectivity index (χ2v) is 4.58. The van der Waals surface area contributed by atoms with E-state index in [1.165, 1.54) is 11.8 Å². The van der Waals surface area contributed by atoms with E-state index in [1.807, 2.05) is 0 Å². The van der Waals surface area contributed by atoms with Gasteiger partial charge in [-0.1, -0.05) is 24.3 Å². The maximum atomic E-state index is 12.3. The zero-order valence-corrected chi connectivity index (χ0v) is 10.7. The minimum Gasteiger partial charge on any atom is -0.395 e. The Kier molecular flexibility index (Phi) is 3.84. The van der Waals surface area contributed by atoms with E-state index in [0.717, 1.165) is 0 Å². The number of nitrogens with one attached hydrogen (secondary N) is 1. The quantitative estimate of drug-likeness (QED) is 0.855. The van der Waals surface area contributed by atoms with Gasteiger partial charge in [-0.15, -0.1) is 11.8 Å². The number of aliphatic hydroxyl groups is 1. The fraction of sp³-hybridized carbons (Fsp3) is 0.231. The monoisotopic (exact) mass is 263 g/mol. The number of thioether (sulfide) groups is 1. The third kappa shape index (κ3) is 2.07. The topological polar surface area (TPSA) is 66.4 Å². The molecule has 0 spiro atoms. The van der Waals surface area contributed by atoms with Gasteiger partial charge in [-0.3, -0.25) is 9.59 Å². The van der Waals surface area contributed by atoms with E-state index in [-0.39, 0.29) is 24.7 Å². The molecule has 0 amide bonds. The molecule has 0 saturated carbocycles. The van der Waals surface area contributed by atoms with Gasteiger partial charge in [0.25, 0.3) is 0 Å². The molecule has 2 rings (SSSR count). The summed E-state index contributed by atoms with van der Waals surface area (Å²) in [5.74, 6) is -0.332. The molecule has 1 aromatic carbocycles. The minimum absolute atomic E-state index is 0.0890. The molecular weight excluding hydrogens is 250 g/mol. The number of Topliss-reactive ketones (excluding diaryl/α,β-unsaturated/α-hetero) is 2. The number of benzene rings is 1. The van der Waals surface area contributed by atoms with E-state index in [4.69, 9.17) is 5.11 Å². The van der Waals surface area contributed by atoms with Crippen molar-refractivity contribution in [3.63, 3.8) is 0 Å². The number of fused-ring (bicyclic) bond motifs is 1. The molecule has 0 aromatic heterocycles. The highest BCUT2D eigenvalue weighted by Gasteiger charge is 2.31. The third-order valence-corrected chi connectivity index (χ3v) is 3.49. The lowest BCUT2D eigenvalue weighted by Gasteiger charge is -2.20. The normalized spacial score (nSPS) is 14.8. The molecule has 0 bridgehead atoms. The Bertz CT molecular complexity index is 537. The molecular formula is C13H13NO3S. The number of hydrogen-bond acceptors (Lipinski definition) is 5. The molecule has 1 aliphatic carbocycles. The van der Waals surface area contributed by atoms with Crippen molar-refractivity contribution in [1.29, 1.82) is 0 Å². The van der Waals surface area contributed by atoms with Crippen LogP contribution in [0.2, 0.25) is 0 Å². The summed E-state index contributed by atoms with van der Waals surface area (Å²) in [5.41, 5.74) is 1.15. The molecule has 0 fully saturated rings. The van der Waals surface area contributed by atoms with Crippen LogP contribution in [0.3, 0.4) is 0 Å². The van der Waals surface area contributed by atoms with E-state index in [0.29, 0.717) is 21.7 Å². The maximum absolute atomic E-state index is 12.3. The van der Waals surface area contributed by atoms with Crippen molar-refractivity contribution >= 4 is 23.3 Å². The first-order chi connectivity index (χ1) is 8.70. The predicted molar refractivity (Wildman–Crippen MR) is 70.7 cm³/mol. The van der Waals surface area contributed by atoms with Gasteiger partial charge in [-0.25, -0.2) is 0 Å². The summed E-state index contributed by atoms with van der Waals surface area (Å²) in [6.07, 6.45) is 1.76. The highest BCUT2D eigenvalue weighted by Crippen LogP contribution is 2.30. The summed E-state index contributed by atoms with van der Waals surface area (Å²) in [5, 5.41) is 11.6. The number of ketones is 2. The van der Waals surface area contributed by atoms with Crippen LogP contribution in [0.25, 0.3) is 0 Å². The largest absolute Gasteiger partial charge is 0.395 e. The zero-order valence-electron chi connectivity index (χ0n) is 9.90. The van der Waals surface area contributed by atoms with Crippen LogP contribution in [0.15, 0.2) is 34.9 Å². The van der Waals surface area contributed by atoms with Crippen molar-refractivity contribution < 1.29 is 14.7 Å². The Morgan fingerprint density at radius 2 is 1.78 bits per heavy atom. The standard InChI is InChI=1S/C13H13NO3S/c1-18-13-10(14-6-7-15)11(16)8-4-2-3-5-9(8)12(13)17/h2-5,14-15H,6-7H2,1H3. The average Bonchev–Trinajstić information content (AvgIpc) is 2.41. The lowest BCUT2D eigenvalue weighted by Crippen LogP contribution is -2.31. The summed E-state index contributed by atoms with van der Waals surface area (Å²) >= 11 is 1.24. The SMILES string of the molecule is CSC1=C(NCCO)C(=O)c2ccccc2C1=O. The average molecular weight is 263 g/mol. The van der Waals surface area contributed by atoms with Crippen molar-refractivity contribution in [3.05, 3.63) is 46.0 Å². The van der Waals surface area contributed by atoms with E-state index in [1.54, 1.807) is 30.5 Å². The molecule has 1 aliphatic rings. The molecule has 94 valence electrons. The third-order valence-electron chi connectivity index (χ3n) is 2.69. The fourth-order valence-corrected chi connectivity index (χ4v) is 2.55. The van der Waals surface area contributed by atoms with Gasteiger partial charge in [0.1, 0.15) is 5.70 Å². The Morgan fingerprint density at radius 1 is 1.17 bits per heavy atom. The van der Waals surface area contributed by atoms with Crippen molar-refractivity contribution in [2.24, 2.45) is 0 Å². The molecule has 18 heavy (non-hydrogen) atoms. The van der Waals surface area contributed by atoms with Crippen molar-refractivity contribution in [2.45, 2.75) is 0 Å². The Balaban J connectivity index is 2.50. The number of hydrogen-bond donors (Lipinski definition) is 2. The van der Waals surface area contributed by atoms with Gasteiger partial charge in [-0.05, 0) is 6.26 Å². The summed E-state index contributed by atoms with van der Waals surface area (Å²) in [6, 6.07) is 6.79. The number of allylic oxidation sites excluding steroid dienone is 2. The molecule has 4 nitrogen and oxygen atoms in total. The molecule has 0 saturated heterocycles. The first-order valence-corrected chi connectivity index (χ1v) is 6.74. The van der Waals surface area contributed by atoms with Crippen LogP contribution < -0.4 is 5.32 Å². The van der Waals surface area contributed by atoms with E-state index < -0.39 is 0 Å². The number of aliphatic hydroxyl groups excluding tert-OH is 1. The zero-order chi connectivity index (χ0) is 13.1. The Morgan fingerprint density at radius 3 is 2.33 bits per heavy atom. The summed E-state index contributed by atoms with van der Waals surface area (Å²) < 4.78 is 0. The van der Waals surface area contributed by atoms with E-state index >= 15 is 0 Å². The lowest BCUT2D eigenvalue weighted by atomic mass is 9.92. The number of rotatable bonds is 4. The first-order valence-electron chi connectivity index (χ1n) is 5.52. The summed E-state index contributed by atoms with van der Waals surface area (Å²) in [4.78, 5) is 24.9. The second kappa shape index (κ2) is 5.37. The molecule has 0 unspecified atom stereocenters. The molecule has 0 radical (unpaired) electrons. The maximum Gasteiger partial charge on any atom is 0.210 e. The highest BCUT2D eigenvalue weighted by atomic mass is 32.2. The Hall–Kier alpha value is -1.59. The molecule has 0 atom stereocenters. The molecule has 5 heteroatoms. The predicted octanol–water partition coefficient (Wildman–Crippen LogP) is 1.22. The van der Waals surface area contributed by atoms with E-state index in [2.05, 4.69) is 5.32 Å². The van der Waals surface area contributed by atoms with Gasteiger partial charge in [0.2, 0.25) is 11.6 Å². The molecule has 0 heterocycles.